The molecule has 0 saturated heterocycles. The molecule has 2 amide bonds. The van der Waals surface area contributed by atoms with E-state index >= 15 is 0 Å². The Morgan fingerprint density at radius 3 is 2.42 bits per heavy atom. The normalized spacial score (nSPS) is 10.9. The third-order valence-corrected chi connectivity index (χ3v) is 5.31. The fourth-order valence-electron chi connectivity index (χ4n) is 3.63. The lowest BCUT2D eigenvalue weighted by Gasteiger charge is -2.14. The Bertz CT molecular complexity index is 1410. The summed E-state index contributed by atoms with van der Waals surface area (Å²) in [6.45, 7) is 3.34. The number of halogens is 1. The molecule has 0 bridgehead atoms. The number of anilines is 2. The van der Waals surface area contributed by atoms with E-state index in [4.69, 9.17) is 0 Å². The van der Waals surface area contributed by atoms with Crippen LogP contribution >= 0.6 is 0 Å². The molecule has 0 atom stereocenters. The smallest absolute Gasteiger partial charge is 0.279 e. The lowest BCUT2D eigenvalue weighted by atomic mass is 10.2. The number of benzene rings is 3. The van der Waals surface area contributed by atoms with E-state index in [1.54, 1.807) is 67.1 Å². The molecular weight excluding hydrogens is 423 g/mol. The van der Waals surface area contributed by atoms with Crippen molar-refractivity contribution in [2.24, 2.45) is 0 Å². The number of amides is 2. The highest BCUT2D eigenvalue weighted by Crippen LogP contribution is 2.21. The zero-order chi connectivity index (χ0) is 23.5. The van der Waals surface area contributed by atoms with Gasteiger partial charge in [-0.1, -0.05) is 31.2 Å². The second-order valence-corrected chi connectivity index (χ2v) is 7.65. The van der Waals surface area contributed by atoms with Gasteiger partial charge in [-0.15, -0.1) is 0 Å². The fourth-order valence-corrected chi connectivity index (χ4v) is 3.63. The van der Waals surface area contributed by atoms with Gasteiger partial charge in [-0.05, 0) is 55.0 Å². The van der Waals surface area contributed by atoms with Gasteiger partial charge in [-0.3, -0.25) is 19.1 Å². The van der Waals surface area contributed by atoms with Crippen molar-refractivity contribution in [3.05, 3.63) is 88.5 Å². The van der Waals surface area contributed by atoms with E-state index in [0.717, 1.165) is 5.56 Å². The summed E-state index contributed by atoms with van der Waals surface area (Å²) in [5.41, 5.74) is 2.40. The molecule has 4 rings (SSSR count). The topological polar surface area (TPSA) is 85.1 Å². The van der Waals surface area contributed by atoms with Gasteiger partial charge in [0.15, 0.2) is 0 Å². The van der Waals surface area contributed by atoms with Gasteiger partial charge in [0.25, 0.3) is 5.56 Å². The minimum atomic E-state index is -0.454. The summed E-state index contributed by atoms with van der Waals surface area (Å²) in [5, 5.41) is 5.84. The van der Waals surface area contributed by atoms with E-state index < -0.39 is 11.7 Å². The molecule has 0 radical (unpaired) electrons. The summed E-state index contributed by atoms with van der Waals surface area (Å²) in [6, 6.07) is 18.1. The second kappa shape index (κ2) is 9.12. The molecule has 0 aliphatic carbocycles. The Morgan fingerprint density at radius 2 is 1.70 bits per heavy atom. The number of carbonyl (C=O) groups excluding carboxylic acids is 2. The highest BCUT2D eigenvalue weighted by molar-refractivity contribution is 5.95. The predicted octanol–water partition coefficient (Wildman–Crippen LogP) is 4.23. The number of para-hydroxylation sites is 1. The van der Waals surface area contributed by atoms with E-state index in [-0.39, 0.29) is 18.0 Å². The van der Waals surface area contributed by atoms with Crippen molar-refractivity contribution in [1.29, 1.82) is 0 Å². The van der Waals surface area contributed by atoms with Crippen LogP contribution in [0, 0.1) is 12.7 Å². The fraction of sp³-hybridized carbons (Fsp3) is 0.160. The number of carbonyl (C=O) groups is 2. The maximum absolute atomic E-state index is 13.6. The molecule has 4 aromatic rings. The summed E-state index contributed by atoms with van der Waals surface area (Å²) < 4.78 is 16.6. The van der Waals surface area contributed by atoms with Crippen molar-refractivity contribution in [1.82, 2.24) is 9.36 Å². The van der Waals surface area contributed by atoms with Crippen LogP contribution in [0.5, 0.6) is 0 Å². The highest BCUT2D eigenvalue weighted by Gasteiger charge is 2.18. The standard InChI is InChI=1S/C25H23FN4O3/c1-3-23(31)27-18-11-12-22-20(14-18)25(33)30(19-7-5-4-6-8-19)29(22)15-24(32)28-21-13-17(26)10-9-16(21)2/h4-14H,3,15H2,1-2H3,(H,27,31)(H,28,32). The van der Waals surface area contributed by atoms with Crippen LogP contribution in [0.25, 0.3) is 16.6 Å². The SMILES string of the molecule is CCC(=O)Nc1ccc2c(c1)c(=O)n(-c1ccccc1)n2CC(=O)Nc1cc(F)ccc1C. The first-order valence-corrected chi connectivity index (χ1v) is 10.5. The molecule has 0 aliphatic heterocycles. The lowest BCUT2D eigenvalue weighted by Crippen LogP contribution is -2.27. The third-order valence-electron chi connectivity index (χ3n) is 5.31. The highest BCUT2D eigenvalue weighted by atomic mass is 19.1. The van der Waals surface area contributed by atoms with Crippen molar-refractivity contribution in [2.75, 3.05) is 10.6 Å². The summed E-state index contributed by atoms with van der Waals surface area (Å²) >= 11 is 0. The number of rotatable bonds is 6. The molecule has 0 unspecified atom stereocenters. The Labute approximate surface area is 189 Å². The van der Waals surface area contributed by atoms with Crippen molar-refractivity contribution in [3.8, 4) is 5.69 Å². The monoisotopic (exact) mass is 446 g/mol. The van der Waals surface area contributed by atoms with Gasteiger partial charge in [-0.25, -0.2) is 9.07 Å². The van der Waals surface area contributed by atoms with Crippen molar-refractivity contribution >= 4 is 34.1 Å². The largest absolute Gasteiger partial charge is 0.326 e. The number of fused-ring (bicyclic) bond motifs is 1. The van der Waals surface area contributed by atoms with Crippen LogP contribution in [-0.4, -0.2) is 21.2 Å². The Morgan fingerprint density at radius 1 is 0.939 bits per heavy atom. The molecule has 0 spiro atoms. The van der Waals surface area contributed by atoms with Crippen molar-refractivity contribution < 1.29 is 14.0 Å². The minimum absolute atomic E-state index is 0.165. The van der Waals surface area contributed by atoms with Gasteiger partial charge >= 0.3 is 0 Å². The van der Waals surface area contributed by atoms with Gasteiger partial charge in [0, 0.05) is 17.8 Å². The van der Waals surface area contributed by atoms with E-state index in [0.29, 0.717) is 34.4 Å². The van der Waals surface area contributed by atoms with Crippen molar-refractivity contribution in [2.45, 2.75) is 26.8 Å². The maximum Gasteiger partial charge on any atom is 0.279 e. The number of hydrogen-bond donors (Lipinski definition) is 2. The number of nitrogens with one attached hydrogen (secondary N) is 2. The molecule has 33 heavy (non-hydrogen) atoms. The quantitative estimate of drug-likeness (QED) is 0.465. The number of hydrogen-bond acceptors (Lipinski definition) is 3. The summed E-state index contributed by atoms with van der Waals surface area (Å²) in [4.78, 5) is 38.0. The number of aryl methyl sites for hydroxylation is 1. The molecule has 1 aromatic heterocycles. The van der Waals surface area contributed by atoms with Crippen LogP contribution in [0.1, 0.15) is 18.9 Å². The molecule has 0 saturated carbocycles. The van der Waals surface area contributed by atoms with Gasteiger partial charge in [0.1, 0.15) is 12.4 Å². The summed E-state index contributed by atoms with van der Waals surface area (Å²) in [7, 11) is 0. The summed E-state index contributed by atoms with van der Waals surface area (Å²) in [6.07, 6.45) is 0.312. The third kappa shape index (κ3) is 4.55. The van der Waals surface area contributed by atoms with Crippen LogP contribution in [0.2, 0.25) is 0 Å². The zero-order valence-electron chi connectivity index (χ0n) is 18.3. The molecule has 3 aromatic carbocycles. The Kier molecular flexibility index (Phi) is 6.08. The van der Waals surface area contributed by atoms with E-state index in [2.05, 4.69) is 10.6 Å². The summed E-state index contributed by atoms with van der Waals surface area (Å²) in [5.74, 6) is -1.03. The lowest BCUT2D eigenvalue weighted by molar-refractivity contribution is -0.117. The minimum Gasteiger partial charge on any atom is -0.326 e. The van der Waals surface area contributed by atoms with Gasteiger partial charge in [0.05, 0.1) is 16.6 Å². The molecule has 2 N–H and O–H groups in total. The van der Waals surface area contributed by atoms with Crippen LogP contribution in [0.3, 0.4) is 0 Å². The van der Waals surface area contributed by atoms with E-state index in [1.165, 1.54) is 16.8 Å². The van der Waals surface area contributed by atoms with Gasteiger partial charge < -0.3 is 10.6 Å². The van der Waals surface area contributed by atoms with Crippen LogP contribution in [0.4, 0.5) is 15.8 Å². The van der Waals surface area contributed by atoms with Crippen LogP contribution in [-0.2, 0) is 16.1 Å². The first-order chi connectivity index (χ1) is 15.9. The molecule has 168 valence electrons. The average molecular weight is 446 g/mol. The molecule has 0 aliphatic rings. The van der Waals surface area contributed by atoms with Crippen LogP contribution < -0.4 is 16.2 Å². The van der Waals surface area contributed by atoms with Crippen LogP contribution in [0.15, 0.2) is 71.5 Å². The molecule has 0 fully saturated rings. The molecule has 7 nitrogen and oxygen atoms in total. The van der Waals surface area contributed by atoms with Gasteiger partial charge in [0.2, 0.25) is 11.8 Å². The number of aromatic nitrogens is 2. The molecular formula is C25H23FN4O3. The Hall–Kier alpha value is -4.20. The van der Waals surface area contributed by atoms with E-state index in [9.17, 15) is 18.8 Å². The Balaban J connectivity index is 1.78. The second-order valence-electron chi connectivity index (χ2n) is 7.65. The zero-order valence-corrected chi connectivity index (χ0v) is 18.3. The first-order valence-electron chi connectivity index (χ1n) is 10.5. The number of nitrogens with zero attached hydrogens (tertiary/aromatic N) is 2. The first kappa shape index (κ1) is 22.0. The molecule has 1 heterocycles. The maximum atomic E-state index is 13.6. The van der Waals surface area contributed by atoms with Crippen molar-refractivity contribution in [3.63, 3.8) is 0 Å². The van der Waals surface area contributed by atoms with Gasteiger partial charge in [-0.2, -0.15) is 0 Å². The van der Waals surface area contributed by atoms with E-state index in [1.807, 2.05) is 6.07 Å². The predicted molar refractivity (Wildman–Crippen MR) is 126 cm³/mol. The molecule has 8 heteroatoms. The average Bonchev–Trinajstić information content (AvgIpc) is 3.07.